The van der Waals surface area contributed by atoms with Crippen LogP contribution in [0.3, 0.4) is 0 Å². The molecule has 134 valence electrons. The predicted molar refractivity (Wildman–Crippen MR) is 106 cm³/mol. The van der Waals surface area contributed by atoms with Crippen molar-refractivity contribution in [3.8, 4) is 0 Å². The Morgan fingerprint density at radius 3 is 2.52 bits per heavy atom. The summed E-state index contributed by atoms with van der Waals surface area (Å²) in [6.07, 6.45) is 4.67. The van der Waals surface area contributed by atoms with Crippen molar-refractivity contribution in [2.75, 3.05) is 0 Å². The van der Waals surface area contributed by atoms with Crippen LogP contribution >= 0.6 is 11.3 Å². The molecule has 0 saturated carbocycles. The van der Waals surface area contributed by atoms with Gasteiger partial charge in [-0.15, -0.1) is 11.3 Å². The van der Waals surface area contributed by atoms with E-state index in [1.165, 1.54) is 17.6 Å². The normalized spacial score (nSPS) is 11.3. The van der Waals surface area contributed by atoms with Crippen LogP contribution in [0, 0.1) is 0 Å². The van der Waals surface area contributed by atoms with E-state index in [0.29, 0.717) is 11.3 Å². The smallest absolute Gasteiger partial charge is 0.287 e. The summed E-state index contributed by atoms with van der Waals surface area (Å²) in [7, 11) is 0. The highest BCUT2D eigenvalue weighted by Gasteiger charge is 2.14. The topological polar surface area (TPSA) is 83.4 Å². The minimum atomic E-state index is -0.528. The van der Waals surface area contributed by atoms with Gasteiger partial charge in [0, 0.05) is 16.6 Å². The molecule has 2 heterocycles. The number of hydrogen-bond donors (Lipinski definition) is 2. The van der Waals surface area contributed by atoms with Crippen LogP contribution in [-0.4, -0.2) is 23.0 Å². The number of carbonyl (C=O) groups is 2. The number of thiophene rings is 1. The monoisotopic (exact) mass is 376 g/mol. The Morgan fingerprint density at radius 2 is 1.81 bits per heavy atom. The zero-order chi connectivity index (χ0) is 18.9. The summed E-state index contributed by atoms with van der Waals surface area (Å²) >= 11 is 1.46. The van der Waals surface area contributed by atoms with Gasteiger partial charge < -0.3 is 5.32 Å². The summed E-state index contributed by atoms with van der Waals surface area (Å²) in [5, 5.41) is 8.43. The predicted octanol–water partition coefficient (Wildman–Crippen LogP) is 3.06. The Balaban J connectivity index is 1.74. The molecule has 0 spiro atoms. The van der Waals surface area contributed by atoms with E-state index < -0.39 is 5.91 Å². The van der Waals surface area contributed by atoms with Gasteiger partial charge in [-0.3, -0.25) is 14.6 Å². The van der Waals surface area contributed by atoms with Crippen LogP contribution in [0.1, 0.15) is 20.9 Å². The summed E-state index contributed by atoms with van der Waals surface area (Å²) in [6, 6.07) is 17.8. The summed E-state index contributed by atoms with van der Waals surface area (Å²) in [5.74, 6) is -0.901. The third-order valence-electron chi connectivity index (χ3n) is 3.41. The molecular weight excluding hydrogens is 360 g/mol. The molecule has 3 aromatic rings. The fourth-order valence-corrected chi connectivity index (χ4v) is 2.78. The van der Waals surface area contributed by atoms with E-state index in [9.17, 15) is 9.59 Å². The quantitative estimate of drug-likeness (QED) is 0.394. The minimum Gasteiger partial charge on any atom is -0.317 e. The van der Waals surface area contributed by atoms with Crippen LogP contribution in [0.5, 0.6) is 0 Å². The maximum Gasteiger partial charge on any atom is 0.287 e. The van der Waals surface area contributed by atoms with Crippen LogP contribution < -0.4 is 10.7 Å². The fourth-order valence-electron chi connectivity index (χ4n) is 2.13. The molecule has 0 bridgehead atoms. The van der Waals surface area contributed by atoms with Gasteiger partial charge in [-0.05, 0) is 41.8 Å². The number of pyridine rings is 1. The number of amides is 2. The third-order valence-corrected chi connectivity index (χ3v) is 4.23. The molecular formula is C20H16N4O2S. The SMILES string of the molecule is O=C(NN=Cc1ccccn1)C(=Cc1cccs1)NC(=O)c1ccccc1. The average molecular weight is 376 g/mol. The molecule has 0 atom stereocenters. The molecule has 6 nitrogen and oxygen atoms in total. The van der Waals surface area contributed by atoms with Crippen LogP contribution in [0.2, 0.25) is 0 Å². The Kier molecular flexibility index (Phi) is 6.21. The van der Waals surface area contributed by atoms with E-state index in [0.717, 1.165) is 4.88 Å². The van der Waals surface area contributed by atoms with Crippen molar-refractivity contribution < 1.29 is 9.59 Å². The number of rotatable bonds is 6. The summed E-state index contributed by atoms with van der Waals surface area (Å²) in [4.78, 5) is 29.8. The van der Waals surface area contributed by atoms with Gasteiger partial charge in [0.1, 0.15) is 5.70 Å². The molecule has 1 aromatic carbocycles. The molecule has 0 aliphatic carbocycles. The van der Waals surface area contributed by atoms with Gasteiger partial charge >= 0.3 is 0 Å². The van der Waals surface area contributed by atoms with E-state index in [-0.39, 0.29) is 11.6 Å². The Morgan fingerprint density at radius 1 is 1.00 bits per heavy atom. The zero-order valence-corrected chi connectivity index (χ0v) is 15.0. The van der Waals surface area contributed by atoms with Gasteiger partial charge in [-0.1, -0.05) is 30.3 Å². The van der Waals surface area contributed by atoms with Crippen molar-refractivity contribution in [2.45, 2.75) is 0 Å². The first-order valence-corrected chi connectivity index (χ1v) is 8.96. The first-order chi connectivity index (χ1) is 13.2. The lowest BCUT2D eigenvalue weighted by Gasteiger charge is -2.08. The second-order valence-corrected chi connectivity index (χ2v) is 6.33. The molecule has 0 radical (unpaired) electrons. The number of carbonyl (C=O) groups excluding carboxylic acids is 2. The van der Waals surface area contributed by atoms with E-state index in [1.807, 2.05) is 29.6 Å². The molecule has 2 aromatic heterocycles. The first-order valence-electron chi connectivity index (χ1n) is 8.08. The van der Waals surface area contributed by atoms with Gasteiger partial charge in [0.25, 0.3) is 11.8 Å². The summed E-state index contributed by atoms with van der Waals surface area (Å²) < 4.78 is 0. The number of hydrazone groups is 1. The lowest BCUT2D eigenvalue weighted by atomic mass is 10.2. The maximum absolute atomic E-state index is 12.5. The van der Waals surface area contributed by atoms with Crippen molar-refractivity contribution in [1.82, 2.24) is 15.7 Å². The van der Waals surface area contributed by atoms with Crippen LogP contribution in [0.15, 0.2) is 83.0 Å². The molecule has 2 N–H and O–H groups in total. The lowest BCUT2D eigenvalue weighted by Crippen LogP contribution is -2.32. The van der Waals surface area contributed by atoms with Gasteiger partial charge in [-0.2, -0.15) is 5.10 Å². The maximum atomic E-state index is 12.5. The summed E-state index contributed by atoms with van der Waals surface area (Å²) in [6.45, 7) is 0. The van der Waals surface area contributed by atoms with Crippen LogP contribution in [0.4, 0.5) is 0 Å². The van der Waals surface area contributed by atoms with Gasteiger partial charge in [0.05, 0.1) is 11.9 Å². The van der Waals surface area contributed by atoms with E-state index >= 15 is 0 Å². The Labute approximate surface area is 160 Å². The van der Waals surface area contributed by atoms with Crippen LogP contribution in [-0.2, 0) is 4.79 Å². The van der Waals surface area contributed by atoms with E-state index in [4.69, 9.17) is 0 Å². The molecule has 2 amide bonds. The zero-order valence-electron chi connectivity index (χ0n) is 14.2. The second kappa shape index (κ2) is 9.21. The molecule has 0 aliphatic heterocycles. The molecule has 0 saturated heterocycles. The van der Waals surface area contributed by atoms with Crippen molar-refractivity contribution in [2.24, 2.45) is 5.10 Å². The Bertz CT molecular complexity index is 952. The molecule has 0 fully saturated rings. The highest BCUT2D eigenvalue weighted by Crippen LogP contribution is 2.13. The van der Waals surface area contributed by atoms with E-state index in [2.05, 4.69) is 20.8 Å². The third kappa shape index (κ3) is 5.45. The highest BCUT2D eigenvalue weighted by molar-refractivity contribution is 7.10. The van der Waals surface area contributed by atoms with Crippen molar-refractivity contribution >= 4 is 35.4 Å². The number of nitrogens with one attached hydrogen (secondary N) is 2. The highest BCUT2D eigenvalue weighted by atomic mass is 32.1. The average Bonchev–Trinajstić information content (AvgIpc) is 3.22. The van der Waals surface area contributed by atoms with Crippen molar-refractivity contribution in [3.63, 3.8) is 0 Å². The van der Waals surface area contributed by atoms with Crippen molar-refractivity contribution in [1.29, 1.82) is 0 Å². The standard InChI is InChI=1S/C20H16N4O2S/c25-19(15-7-2-1-3-8-15)23-18(13-17-10-6-12-27-17)20(26)24-22-14-16-9-4-5-11-21-16/h1-14H,(H,23,25)(H,24,26). The second-order valence-electron chi connectivity index (χ2n) is 5.35. The number of nitrogens with zero attached hydrogens (tertiary/aromatic N) is 2. The number of aromatic nitrogens is 1. The first kappa shape index (κ1) is 18.2. The number of hydrogen-bond acceptors (Lipinski definition) is 5. The largest absolute Gasteiger partial charge is 0.317 e. The van der Waals surface area contributed by atoms with Gasteiger partial charge in [0.2, 0.25) is 0 Å². The fraction of sp³-hybridized carbons (Fsp3) is 0. The van der Waals surface area contributed by atoms with Crippen LogP contribution in [0.25, 0.3) is 6.08 Å². The molecule has 0 aliphatic rings. The minimum absolute atomic E-state index is 0.101. The molecule has 27 heavy (non-hydrogen) atoms. The molecule has 3 rings (SSSR count). The number of benzene rings is 1. The molecule has 7 heteroatoms. The van der Waals surface area contributed by atoms with E-state index in [1.54, 1.807) is 48.7 Å². The van der Waals surface area contributed by atoms with Crippen molar-refractivity contribution in [3.05, 3.63) is 94.1 Å². The lowest BCUT2D eigenvalue weighted by molar-refractivity contribution is -0.117. The van der Waals surface area contributed by atoms with Gasteiger partial charge in [-0.25, -0.2) is 5.43 Å². The Hall–Kier alpha value is -3.58. The van der Waals surface area contributed by atoms with Gasteiger partial charge in [0.15, 0.2) is 0 Å². The summed E-state index contributed by atoms with van der Waals surface area (Å²) in [5.41, 5.74) is 3.58. The molecule has 0 unspecified atom stereocenters.